The van der Waals surface area contributed by atoms with Gasteiger partial charge < -0.3 is 30.5 Å². The number of anilines is 1. The highest BCUT2D eigenvalue weighted by atomic mass is 35.5. The van der Waals surface area contributed by atoms with E-state index in [9.17, 15) is 24.6 Å². The zero-order valence-electron chi connectivity index (χ0n) is 25.9. The van der Waals surface area contributed by atoms with Crippen molar-refractivity contribution >= 4 is 35.2 Å². The van der Waals surface area contributed by atoms with Crippen molar-refractivity contribution in [2.45, 2.75) is 78.0 Å². The number of halogens is 1. The van der Waals surface area contributed by atoms with Crippen LogP contribution in [0.15, 0.2) is 66.7 Å². The lowest BCUT2D eigenvalue weighted by Crippen LogP contribution is -2.53. The third kappa shape index (κ3) is 9.64. The van der Waals surface area contributed by atoms with E-state index >= 15 is 0 Å². The van der Waals surface area contributed by atoms with Gasteiger partial charge in [-0.1, -0.05) is 73.8 Å². The van der Waals surface area contributed by atoms with E-state index in [0.29, 0.717) is 22.7 Å². The Labute approximate surface area is 264 Å². The Bertz CT molecular complexity index is 1420. The van der Waals surface area contributed by atoms with Crippen LogP contribution in [0, 0.1) is 6.92 Å². The van der Waals surface area contributed by atoms with Crippen LogP contribution in [0.5, 0.6) is 11.5 Å². The van der Waals surface area contributed by atoms with Gasteiger partial charge in [0.2, 0.25) is 5.91 Å². The van der Waals surface area contributed by atoms with Crippen LogP contribution in [0.4, 0.5) is 10.5 Å². The largest absolute Gasteiger partial charge is 0.508 e. The number of benzene rings is 3. The molecule has 3 aromatic carbocycles. The number of para-hydroxylation sites is 2. The maximum Gasteiger partial charge on any atom is 0.408 e. The summed E-state index contributed by atoms with van der Waals surface area (Å²) in [5.74, 6) is -1.22. The first kappa shape index (κ1) is 34.3. The van der Waals surface area contributed by atoms with Gasteiger partial charge in [0.1, 0.15) is 29.2 Å². The first-order valence-corrected chi connectivity index (χ1v) is 15.1. The quantitative estimate of drug-likeness (QED) is 0.163. The van der Waals surface area contributed by atoms with Crippen LogP contribution in [-0.2, 0) is 20.7 Å². The number of phenols is 2. The molecule has 0 heterocycles. The molecule has 0 saturated heterocycles. The van der Waals surface area contributed by atoms with Crippen molar-refractivity contribution in [1.29, 1.82) is 0 Å². The minimum Gasteiger partial charge on any atom is -0.508 e. The van der Waals surface area contributed by atoms with E-state index in [4.69, 9.17) is 16.3 Å². The van der Waals surface area contributed by atoms with Crippen molar-refractivity contribution in [3.8, 4) is 11.5 Å². The molecular formula is C34H42ClN3O6. The van der Waals surface area contributed by atoms with Crippen LogP contribution in [0.1, 0.15) is 69.7 Å². The summed E-state index contributed by atoms with van der Waals surface area (Å²) in [6.45, 7) is 9.15. The van der Waals surface area contributed by atoms with Crippen LogP contribution < -0.4 is 10.6 Å². The average molecular weight is 624 g/mol. The number of aryl methyl sites for hydroxylation is 1. The molecule has 236 valence electrons. The van der Waals surface area contributed by atoms with E-state index in [-0.39, 0.29) is 30.0 Å². The number of nitrogens with zero attached hydrogens (tertiary/aromatic N) is 1. The summed E-state index contributed by atoms with van der Waals surface area (Å²) in [6.07, 6.45) is 1.48. The smallest absolute Gasteiger partial charge is 0.408 e. The molecule has 4 N–H and O–H groups in total. The van der Waals surface area contributed by atoms with E-state index in [0.717, 1.165) is 18.4 Å². The van der Waals surface area contributed by atoms with Gasteiger partial charge in [0.25, 0.3) is 5.91 Å². The molecule has 9 nitrogen and oxygen atoms in total. The van der Waals surface area contributed by atoms with Crippen molar-refractivity contribution in [2.24, 2.45) is 0 Å². The summed E-state index contributed by atoms with van der Waals surface area (Å²) < 4.78 is 5.48. The Balaban J connectivity index is 2.11. The minimum absolute atomic E-state index is 0.0569. The van der Waals surface area contributed by atoms with Gasteiger partial charge in [-0.25, -0.2) is 4.79 Å². The molecule has 10 heteroatoms. The summed E-state index contributed by atoms with van der Waals surface area (Å²) in [6, 6.07) is 15.5. The van der Waals surface area contributed by atoms with Crippen LogP contribution in [0.3, 0.4) is 0 Å². The molecule has 0 aliphatic rings. The molecule has 0 aromatic heterocycles. The van der Waals surface area contributed by atoms with Crippen LogP contribution >= 0.6 is 11.6 Å². The Hall–Kier alpha value is -4.24. The number of amides is 3. The Kier molecular flexibility index (Phi) is 12.0. The SMILES string of the molecule is CCCCCN(C(=O)C(Cc1ccc(O)cc1)NC(=O)OC(C)(C)C)C(C(=O)Nc1c(C)cccc1Cl)c1ccccc1O. The van der Waals surface area contributed by atoms with Crippen molar-refractivity contribution in [3.63, 3.8) is 0 Å². The van der Waals surface area contributed by atoms with Gasteiger partial charge in [-0.3, -0.25) is 9.59 Å². The van der Waals surface area contributed by atoms with Gasteiger partial charge in [0.05, 0.1) is 10.7 Å². The Morgan fingerprint density at radius 3 is 2.25 bits per heavy atom. The fourth-order valence-electron chi connectivity index (χ4n) is 4.77. The first-order chi connectivity index (χ1) is 20.8. The third-order valence-corrected chi connectivity index (χ3v) is 7.23. The van der Waals surface area contributed by atoms with Gasteiger partial charge in [-0.05, 0) is 69.5 Å². The maximum absolute atomic E-state index is 14.5. The van der Waals surface area contributed by atoms with Gasteiger partial charge in [0, 0.05) is 18.5 Å². The fourth-order valence-corrected chi connectivity index (χ4v) is 5.04. The monoisotopic (exact) mass is 623 g/mol. The fraction of sp³-hybridized carbons (Fsp3) is 0.382. The van der Waals surface area contributed by atoms with Gasteiger partial charge in [-0.15, -0.1) is 0 Å². The zero-order valence-corrected chi connectivity index (χ0v) is 26.6. The highest BCUT2D eigenvalue weighted by Gasteiger charge is 2.37. The third-order valence-electron chi connectivity index (χ3n) is 6.91. The lowest BCUT2D eigenvalue weighted by molar-refractivity contribution is -0.141. The first-order valence-electron chi connectivity index (χ1n) is 14.7. The number of alkyl carbamates (subject to hydrolysis) is 1. The molecular weight excluding hydrogens is 582 g/mol. The number of carbonyl (C=O) groups excluding carboxylic acids is 3. The molecule has 44 heavy (non-hydrogen) atoms. The van der Waals surface area contributed by atoms with Crippen molar-refractivity contribution in [3.05, 3.63) is 88.4 Å². The average Bonchev–Trinajstić information content (AvgIpc) is 2.95. The number of unbranched alkanes of at least 4 members (excludes halogenated alkanes) is 2. The van der Waals surface area contributed by atoms with Gasteiger partial charge in [-0.2, -0.15) is 0 Å². The summed E-state index contributed by atoms with van der Waals surface area (Å²) >= 11 is 6.44. The highest BCUT2D eigenvalue weighted by molar-refractivity contribution is 6.34. The van der Waals surface area contributed by atoms with Gasteiger partial charge in [0.15, 0.2) is 0 Å². The summed E-state index contributed by atoms with van der Waals surface area (Å²) in [4.78, 5) is 43.1. The minimum atomic E-state index is -1.26. The maximum atomic E-state index is 14.5. The number of ether oxygens (including phenoxy) is 1. The van der Waals surface area contributed by atoms with E-state index in [1.54, 1.807) is 76.2 Å². The van der Waals surface area contributed by atoms with E-state index in [1.165, 1.54) is 23.1 Å². The number of phenolic OH excluding ortho intramolecular Hbond substituents is 2. The predicted molar refractivity (Wildman–Crippen MR) is 172 cm³/mol. The molecule has 0 aliphatic heterocycles. The number of carbonyl (C=O) groups is 3. The summed E-state index contributed by atoms with van der Waals surface area (Å²) in [5.41, 5.74) is 1.19. The summed E-state index contributed by atoms with van der Waals surface area (Å²) in [5, 5.41) is 26.6. The number of hydrogen-bond acceptors (Lipinski definition) is 6. The molecule has 2 atom stereocenters. The molecule has 0 spiro atoms. The standard InChI is InChI=1S/C34H42ClN3O6/c1-6-7-10-20-38(32(42)27(36-33(43)44-34(3,4)5)21-23-16-18-24(39)19-17-23)30(25-13-8-9-15-28(25)40)31(41)37-29-22(2)12-11-14-26(29)35/h8-9,11-19,27,30,39-40H,6-7,10,20-21H2,1-5H3,(H,36,43)(H,37,41). The van der Waals surface area contributed by atoms with E-state index in [2.05, 4.69) is 10.6 Å². The molecule has 0 fully saturated rings. The number of nitrogens with one attached hydrogen (secondary N) is 2. The molecule has 3 amide bonds. The van der Waals surface area contributed by atoms with Crippen LogP contribution in [0.25, 0.3) is 0 Å². The highest BCUT2D eigenvalue weighted by Crippen LogP contribution is 2.33. The van der Waals surface area contributed by atoms with Crippen molar-refractivity contribution < 1.29 is 29.3 Å². The zero-order chi connectivity index (χ0) is 32.4. The van der Waals surface area contributed by atoms with Crippen LogP contribution in [0.2, 0.25) is 5.02 Å². The van der Waals surface area contributed by atoms with E-state index in [1.807, 2.05) is 6.92 Å². The van der Waals surface area contributed by atoms with Crippen LogP contribution in [-0.4, -0.2) is 51.2 Å². The van der Waals surface area contributed by atoms with Crippen molar-refractivity contribution in [1.82, 2.24) is 10.2 Å². The van der Waals surface area contributed by atoms with Gasteiger partial charge >= 0.3 is 6.09 Å². The second kappa shape index (κ2) is 15.5. The number of aromatic hydroxyl groups is 2. The lowest BCUT2D eigenvalue weighted by atomic mass is 9.98. The molecule has 3 aromatic rings. The second-order valence-corrected chi connectivity index (χ2v) is 12.1. The molecule has 0 bridgehead atoms. The lowest BCUT2D eigenvalue weighted by Gasteiger charge is -2.35. The second-order valence-electron chi connectivity index (χ2n) is 11.7. The molecule has 0 aliphatic carbocycles. The topological polar surface area (TPSA) is 128 Å². The number of rotatable bonds is 12. The molecule has 2 unspecified atom stereocenters. The Morgan fingerprint density at radius 1 is 0.955 bits per heavy atom. The Morgan fingerprint density at radius 2 is 1.64 bits per heavy atom. The van der Waals surface area contributed by atoms with Crippen molar-refractivity contribution in [2.75, 3.05) is 11.9 Å². The van der Waals surface area contributed by atoms with E-state index < -0.39 is 35.6 Å². The molecule has 0 radical (unpaired) electrons. The molecule has 3 rings (SSSR count). The number of hydrogen-bond donors (Lipinski definition) is 4. The summed E-state index contributed by atoms with van der Waals surface area (Å²) in [7, 11) is 0. The molecule has 0 saturated carbocycles. The predicted octanol–water partition coefficient (Wildman–Crippen LogP) is 6.89. The normalized spacial score (nSPS) is 12.6.